The fraction of sp³-hybridized carbons (Fsp3) is 0.118. The predicted molar refractivity (Wildman–Crippen MR) is 94.1 cm³/mol. The highest BCUT2D eigenvalue weighted by atomic mass is 32.2. The predicted octanol–water partition coefficient (Wildman–Crippen LogP) is 3.25. The summed E-state index contributed by atoms with van der Waals surface area (Å²) >= 11 is 0. The lowest BCUT2D eigenvalue weighted by atomic mass is 10.00. The van der Waals surface area contributed by atoms with Crippen LogP contribution in [0.5, 0.6) is 0 Å². The van der Waals surface area contributed by atoms with Gasteiger partial charge in [-0.25, -0.2) is 22.2 Å². The van der Waals surface area contributed by atoms with Gasteiger partial charge in [0.2, 0.25) is 15.8 Å². The molecule has 0 unspecified atom stereocenters. The maximum atomic E-state index is 14.8. The minimum atomic E-state index is -5.11. The number of nitrogens with one attached hydrogen (secondary N) is 2. The van der Waals surface area contributed by atoms with E-state index in [9.17, 15) is 40.4 Å². The number of nitrogens with zero attached hydrogens (tertiary/aromatic N) is 2. The Labute approximate surface area is 165 Å². The molecule has 0 aliphatic rings. The molecule has 0 fully saturated rings. The zero-order valence-electron chi connectivity index (χ0n) is 14.5. The van der Waals surface area contributed by atoms with Crippen LogP contribution in [0.15, 0.2) is 30.6 Å². The Kier molecular flexibility index (Phi) is 5.21. The molecule has 0 radical (unpaired) electrons. The lowest BCUT2D eigenvalue weighted by molar-refractivity contribution is -0.106. The van der Waals surface area contributed by atoms with Crippen LogP contribution in [-0.4, -0.2) is 36.1 Å². The first kappa shape index (κ1) is 21.2. The van der Waals surface area contributed by atoms with Gasteiger partial charge < -0.3 is 4.98 Å². The average Bonchev–Trinajstić information content (AvgIpc) is 3.06. The fourth-order valence-electron chi connectivity index (χ4n) is 2.72. The van der Waals surface area contributed by atoms with Crippen LogP contribution in [0.4, 0.5) is 27.6 Å². The van der Waals surface area contributed by atoms with Gasteiger partial charge in [-0.3, -0.25) is 9.52 Å². The van der Waals surface area contributed by atoms with Crippen molar-refractivity contribution in [3.63, 3.8) is 0 Å². The standard InChI is InChI=1S/C17H9F5N4O3S/c18-10-1-2-11(26-30(28,29)7-17(20,21)22)14(19)13(10)15(27)9-6-25-16-12(9)8(5-23)3-4-24-16/h1-4,6,26H,7H2,(H,24,25). The highest BCUT2D eigenvalue weighted by Gasteiger charge is 2.36. The molecule has 7 nitrogen and oxygen atoms in total. The van der Waals surface area contributed by atoms with Crippen molar-refractivity contribution in [1.29, 1.82) is 5.26 Å². The topological polar surface area (TPSA) is 116 Å². The maximum Gasteiger partial charge on any atom is 0.404 e. The minimum absolute atomic E-state index is 0.0209. The van der Waals surface area contributed by atoms with Crippen molar-refractivity contribution in [2.45, 2.75) is 6.18 Å². The van der Waals surface area contributed by atoms with E-state index in [-0.39, 0.29) is 22.2 Å². The summed E-state index contributed by atoms with van der Waals surface area (Å²) in [5, 5.41) is 9.16. The Morgan fingerprint density at radius 1 is 1.23 bits per heavy atom. The lowest BCUT2D eigenvalue weighted by Crippen LogP contribution is -2.28. The lowest BCUT2D eigenvalue weighted by Gasteiger charge is -2.13. The van der Waals surface area contributed by atoms with E-state index in [1.165, 1.54) is 17.0 Å². The number of pyridine rings is 1. The molecular weight excluding hydrogens is 435 g/mol. The number of carbonyl (C=O) groups excluding carboxylic acids is 1. The van der Waals surface area contributed by atoms with Gasteiger partial charge in [-0.2, -0.15) is 18.4 Å². The van der Waals surface area contributed by atoms with E-state index in [4.69, 9.17) is 0 Å². The second-order valence-corrected chi connectivity index (χ2v) is 7.71. The van der Waals surface area contributed by atoms with Crippen molar-refractivity contribution in [3.8, 4) is 6.07 Å². The molecule has 0 aliphatic carbocycles. The first-order chi connectivity index (χ1) is 13.9. The number of hydrogen-bond acceptors (Lipinski definition) is 5. The van der Waals surface area contributed by atoms with E-state index in [1.54, 1.807) is 6.07 Å². The van der Waals surface area contributed by atoms with Crippen LogP contribution in [0.25, 0.3) is 11.0 Å². The minimum Gasteiger partial charge on any atom is -0.345 e. The van der Waals surface area contributed by atoms with Crippen LogP contribution in [0.2, 0.25) is 0 Å². The largest absolute Gasteiger partial charge is 0.404 e. The number of hydrogen-bond donors (Lipinski definition) is 2. The van der Waals surface area contributed by atoms with Gasteiger partial charge in [0.05, 0.1) is 28.4 Å². The molecule has 2 aromatic heterocycles. The number of nitriles is 1. The molecule has 0 atom stereocenters. The number of fused-ring (bicyclic) bond motifs is 1. The van der Waals surface area contributed by atoms with Crippen LogP contribution in [0, 0.1) is 23.0 Å². The Bertz CT molecular complexity index is 1310. The van der Waals surface area contributed by atoms with E-state index in [2.05, 4.69) is 9.97 Å². The molecular formula is C17H9F5N4O3S. The third kappa shape index (κ3) is 4.08. The van der Waals surface area contributed by atoms with E-state index in [1.807, 2.05) is 0 Å². The molecule has 0 saturated heterocycles. The Hall–Kier alpha value is -3.53. The summed E-state index contributed by atoms with van der Waals surface area (Å²) in [5.74, 6) is -6.66. The zero-order valence-corrected chi connectivity index (χ0v) is 15.3. The van der Waals surface area contributed by atoms with Crippen molar-refractivity contribution < 1.29 is 35.2 Å². The van der Waals surface area contributed by atoms with Crippen LogP contribution in [-0.2, 0) is 10.0 Å². The SMILES string of the molecule is N#Cc1ccnc2[nH]cc(C(=O)c3c(F)ccc(NS(=O)(=O)CC(F)(F)F)c3F)c12. The number of ketones is 1. The molecule has 2 N–H and O–H groups in total. The number of aromatic nitrogens is 2. The van der Waals surface area contributed by atoms with E-state index in [0.29, 0.717) is 12.1 Å². The van der Waals surface area contributed by atoms with Gasteiger partial charge in [-0.1, -0.05) is 0 Å². The normalized spacial score (nSPS) is 12.0. The Morgan fingerprint density at radius 3 is 2.57 bits per heavy atom. The van der Waals surface area contributed by atoms with Gasteiger partial charge in [0.25, 0.3) is 0 Å². The van der Waals surface area contributed by atoms with Gasteiger partial charge in [0, 0.05) is 17.8 Å². The molecule has 156 valence electrons. The number of halogens is 5. The fourth-order valence-corrected chi connectivity index (χ4v) is 3.72. The molecule has 3 rings (SSSR count). The summed E-state index contributed by atoms with van der Waals surface area (Å²) < 4.78 is 90.7. The van der Waals surface area contributed by atoms with Gasteiger partial charge in [-0.15, -0.1) is 0 Å². The smallest absolute Gasteiger partial charge is 0.345 e. The van der Waals surface area contributed by atoms with Crippen LogP contribution < -0.4 is 4.72 Å². The molecule has 0 spiro atoms. The molecule has 2 heterocycles. The van der Waals surface area contributed by atoms with Crippen molar-refractivity contribution in [2.24, 2.45) is 0 Å². The summed E-state index contributed by atoms with van der Waals surface area (Å²) in [5.41, 5.74) is -2.52. The molecule has 0 bridgehead atoms. The number of aromatic amines is 1. The number of benzene rings is 1. The van der Waals surface area contributed by atoms with Crippen molar-refractivity contribution in [2.75, 3.05) is 10.5 Å². The number of H-pyrrole nitrogens is 1. The van der Waals surface area contributed by atoms with Gasteiger partial charge in [-0.05, 0) is 18.2 Å². The molecule has 1 aromatic carbocycles. The van der Waals surface area contributed by atoms with Crippen LogP contribution in [0.1, 0.15) is 21.5 Å². The quantitative estimate of drug-likeness (QED) is 0.463. The molecule has 0 saturated carbocycles. The Balaban J connectivity index is 2.09. The number of rotatable bonds is 5. The first-order valence-corrected chi connectivity index (χ1v) is 9.55. The number of alkyl halides is 3. The van der Waals surface area contributed by atoms with Crippen molar-refractivity contribution in [1.82, 2.24) is 9.97 Å². The number of sulfonamides is 1. The van der Waals surface area contributed by atoms with E-state index >= 15 is 0 Å². The highest BCUT2D eigenvalue weighted by molar-refractivity contribution is 7.92. The molecule has 30 heavy (non-hydrogen) atoms. The molecule has 3 aromatic rings. The molecule has 0 aliphatic heterocycles. The van der Waals surface area contributed by atoms with E-state index in [0.717, 1.165) is 6.20 Å². The summed E-state index contributed by atoms with van der Waals surface area (Å²) in [6, 6.07) is 4.14. The van der Waals surface area contributed by atoms with Gasteiger partial charge in [0.1, 0.15) is 11.5 Å². The van der Waals surface area contributed by atoms with Crippen molar-refractivity contribution >= 4 is 32.5 Å². The third-order valence-electron chi connectivity index (χ3n) is 3.88. The average molecular weight is 444 g/mol. The zero-order chi connectivity index (χ0) is 22.3. The van der Waals surface area contributed by atoms with Crippen LogP contribution >= 0.6 is 0 Å². The maximum absolute atomic E-state index is 14.8. The number of carbonyl (C=O) groups is 1. The van der Waals surface area contributed by atoms with E-state index < -0.39 is 50.6 Å². The first-order valence-electron chi connectivity index (χ1n) is 7.89. The second kappa shape index (κ2) is 7.38. The van der Waals surface area contributed by atoms with Crippen LogP contribution in [0.3, 0.4) is 0 Å². The second-order valence-electron chi connectivity index (χ2n) is 5.99. The Morgan fingerprint density at radius 2 is 1.93 bits per heavy atom. The molecule has 0 amide bonds. The monoisotopic (exact) mass is 444 g/mol. The summed E-state index contributed by atoms with van der Waals surface area (Å²) in [4.78, 5) is 19.2. The summed E-state index contributed by atoms with van der Waals surface area (Å²) in [6.07, 6.45) is -2.78. The van der Waals surface area contributed by atoms with Crippen molar-refractivity contribution in [3.05, 3.63) is 58.9 Å². The number of anilines is 1. The molecule has 13 heteroatoms. The third-order valence-corrected chi connectivity index (χ3v) is 5.11. The van der Waals surface area contributed by atoms with Gasteiger partial charge in [0.15, 0.2) is 11.6 Å². The van der Waals surface area contributed by atoms with Gasteiger partial charge >= 0.3 is 6.18 Å². The summed E-state index contributed by atoms with van der Waals surface area (Å²) in [7, 11) is -5.08. The highest BCUT2D eigenvalue weighted by Crippen LogP contribution is 2.29. The summed E-state index contributed by atoms with van der Waals surface area (Å²) in [6.45, 7) is 0.